The number of cyclic esters (lactones) is 1. The zero-order valence-corrected chi connectivity index (χ0v) is 32.0. The Morgan fingerprint density at radius 3 is 2.50 bits per heavy atom. The fourth-order valence-corrected chi connectivity index (χ4v) is 13.2. The van der Waals surface area contributed by atoms with E-state index in [2.05, 4.69) is 49.0 Å². The fourth-order valence-electron chi connectivity index (χ4n) is 13.2. The molecule has 9 nitrogen and oxygen atoms in total. The molecule has 5 fully saturated rings. The third-order valence-corrected chi connectivity index (χ3v) is 15.4. The first-order valence-electron chi connectivity index (χ1n) is 20.5. The molecule has 2 aliphatic heterocycles. The first kappa shape index (κ1) is 38.0. The summed E-state index contributed by atoms with van der Waals surface area (Å²) in [6, 6.07) is 10.7. The van der Waals surface area contributed by atoms with Crippen molar-refractivity contribution in [1.29, 1.82) is 0 Å². The molecule has 0 bridgehead atoms. The van der Waals surface area contributed by atoms with Crippen LogP contribution in [0.2, 0.25) is 0 Å². The van der Waals surface area contributed by atoms with Gasteiger partial charge in [0.2, 0.25) is 0 Å². The van der Waals surface area contributed by atoms with E-state index < -0.39 is 52.2 Å². The van der Waals surface area contributed by atoms with Gasteiger partial charge in [-0.2, -0.15) is 0 Å². The Morgan fingerprint density at radius 1 is 1.06 bits per heavy atom. The molecule has 5 N–H and O–H groups in total. The number of ether oxygens (including phenoxy) is 2. The highest BCUT2D eigenvalue weighted by Crippen LogP contribution is 2.73. The van der Waals surface area contributed by atoms with E-state index in [1.54, 1.807) is 0 Å². The first-order valence-corrected chi connectivity index (χ1v) is 20.5. The van der Waals surface area contributed by atoms with Gasteiger partial charge >= 0.3 is 11.9 Å². The van der Waals surface area contributed by atoms with Crippen molar-refractivity contribution >= 4 is 11.9 Å². The molecule has 11 atom stereocenters. The topological polar surface area (TPSA) is 137 Å². The second kappa shape index (κ2) is 14.4. The van der Waals surface area contributed by atoms with E-state index in [0.29, 0.717) is 38.0 Å². The predicted molar refractivity (Wildman–Crippen MR) is 198 cm³/mol. The molecule has 52 heavy (non-hydrogen) atoms. The molecule has 1 spiro atoms. The van der Waals surface area contributed by atoms with Crippen molar-refractivity contribution in [3.63, 3.8) is 0 Å². The van der Waals surface area contributed by atoms with Crippen LogP contribution in [-0.4, -0.2) is 63.4 Å². The van der Waals surface area contributed by atoms with Gasteiger partial charge in [0.05, 0.1) is 23.2 Å². The van der Waals surface area contributed by atoms with E-state index in [-0.39, 0.29) is 36.4 Å². The van der Waals surface area contributed by atoms with Gasteiger partial charge in [0.1, 0.15) is 6.61 Å². The zero-order valence-electron chi connectivity index (χ0n) is 32.0. The Morgan fingerprint density at radius 2 is 1.81 bits per heavy atom. The van der Waals surface area contributed by atoms with Crippen LogP contribution in [0.3, 0.4) is 0 Å². The quantitative estimate of drug-likeness (QED) is 0.158. The summed E-state index contributed by atoms with van der Waals surface area (Å²) in [6.07, 6.45) is 12.8. The van der Waals surface area contributed by atoms with Crippen molar-refractivity contribution < 1.29 is 34.4 Å². The van der Waals surface area contributed by atoms with Crippen molar-refractivity contribution in [3.8, 4) is 0 Å². The number of rotatable bonds is 12. The second-order valence-electron chi connectivity index (χ2n) is 18.5. The molecular weight excluding hydrogens is 656 g/mol. The van der Waals surface area contributed by atoms with E-state index in [1.807, 2.05) is 13.0 Å². The van der Waals surface area contributed by atoms with Crippen molar-refractivity contribution in [2.45, 2.75) is 160 Å². The lowest BCUT2D eigenvalue weighted by Gasteiger charge is -2.71. The van der Waals surface area contributed by atoms with Gasteiger partial charge in [-0.3, -0.25) is 10.2 Å². The van der Waals surface area contributed by atoms with Crippen LogP contribution in [-0.2, 0) is 25.5 Å². The standard InChI is InChI=1S/C43H64N2O7/c1-28(11-10-14-31-12-6-5-7-13-31)15-16-35(47)43-36(48)18-21-39(4)33-25-40(19-8-9-20-40)26-34(33)44-45-42(38(39)43,52-30(3)46)24-29(2)41(43,50)22-17-32-23-37(49)51-27-32/h5-7,12-13,23,28-29,33-36,38,44-45,47-48,50H,8-11,14-22,24-27H2,1-4H3/t28-,29-,33+,34-,35+,36+,38-,39+,41-,42-,43+/m1/s1. The van der Waals surface area contributed by atoms with Gasteiger partial charge in [0, 0.05) is 31.4 Å². The van der Waals surface area contributed by atoms with Gasteiger partial charge in [-0.25, -0.2) is 10.2 Å². The summed E-state index contributed by atoms with van der Waals surface area (Å²) in [5, 5.41) is 39.3. The number of hydrazine groups is 1. The van der Waals surface area contributed by atoms with Gasteiger partial charge in [-0.05, 0) is 117 Å². The highest BCUT2D eigenvalue weighted by molar-refractivity contribution is 5.85. The lowest BCUT2D eigenvalue weighted by molar-refractivity contribution is -0.351. The minimum absolute atomic E-state index is 0.145. The summed E-state index contributed by atoms with van der Waals surface area (Å²) >= 11 is 0. The molecule has 1 aromatic rings. The van der Waals surface area contributed by atoms with E-state index in [9.17, 15) is 24.9 Å². The number of aryl methyl sites for hydroxylation is 1. The fraction of sp³-hybridized carbons (Fsp3) is 0.767. The third kappa shape index (κ3) is 6.38. The molecule has 288 valence electrons. The maximum absolute atomic E-state index is 13.6. The summed E-state index contributed by atoms with van der Waals surface area (Å²) < 4.78 is 11.8. The molecular formula is C43H64N2O7. The van der Waals surface area contributed by atoms with E-state index in [4.69, 9.17) is 9.47 Å². The lowest BCUT2D eigenvalue weighted by atomic mass is 9.36. The Kier molecular flexibility index (Phi) is 10.5. The van der Waals surface area contributed by atoms with Crippen molar-refractivity contribution in [3.05, 3.63) is 47.5 Å². The number of fused-ring (bicyclic) bond motifs is 2. The van der Waals surface area contributed by atoms with Crippen LogP contribution >= 0.6 is 0 Å². The minimum atomic E-state index is -1.53. The zero-order chi connectivity index (χ0) is 36.9. The maximum atomic E-state index is 13.6. The third-order valence-electron chi connectivity index (χ3n) is 15.4. The Balaban J connectivity index is 1.28. The van der Waals surface area contributed by atoms with Crippen LogP contribution in [0.25, 0.3) is 0 Å². The molecule has 1 saturated heterocycles. The van der Waals surface area contributed by atoms with Gasteiger partial charge < -0.3 is 24.8 Å². The number of esters is 2. The second-order valence-corrected chi connectivity index (χ2v) is 18.5. The van der Waals surface area contributed by atoms with Crippen molar-refractivity contribution in [1.82, 2.24) is 10.9 Å². The highest BCUT2D eigenvalue weighted by atomic mass is 16.6. The molecule has 4 saturated carbocycles. The Labute approximate surface area is 310 Å². The van der Waals surface area contributed by atoms with E-state index in [0.717, 1.165) is 44.1 Å². The summed E-state index contributed by atoms with van der Waals surface area (Å²) in [4.78, 5) is 25.3. The molecule has 0 radical (unpaired) electrons. The van der Waals surface area contributed by atoms with Gasteiger partial charge in [0.25, 0.3) is 0 Å². The van der Waals surface area contributed by atoms with Crippen molar-refractivity contribution in [2.75, 3.05) is 6.61 Å². The first-order chi connectivity index (χ1) is 24.8. The molecule has 0 aromatic heterocycles. The maximum Gasteiger partial charge on any atom is 0.331 e. The monoisotopic (exact) mass is 720 g/mol. The van der Waals surface area contributed by atoms with Crippen LogP contribution in [0, 0.1) is 39.9 Å². The number of benzene rings is 1. The average molecular weight is 721 g/mol. The van der Waals surface area contributed by atoms with Crippen LogP contribution in [0.15, 0.2) is 42.0 Å². The number of aliphatic hydroxyl groups is 3. The van der Waals surface area contributed by atoms with Gasteiger partial charge in [-0.15, -0.1) is 0 Å². The largest absolute Gasteiger partial charge is 0.458 e. The molecule has 7 rings (SSSR count). The lowest BCUT2D eigenvalue weighted by Crippen LogP contribution is -2.81. The number of carbonyl (C=O) groups excluding carboxylic acids is 2. The number of carbonyl (C=O) groups is 2. The van der Waals surface area contributed by atoms with Gasteiger partial charge in [0.15, 0.2) is 5.72 Å². The molecule has 0 unspecified atom stereocenters. The summed E-state index contributed by atoms with van der Waals surface area (Å²) in [7, 11) is 0. The smallest absolute Gasteiger partial charge is 0.331 e. The van der Waals surface area contributed by atoms with E-state index >= 15 is 0 Å². The minimum Gasteiger partial charge on any atom is -0.458 e. The SMILES string of the molecule is CC(=O)O[C@@]12C[C@@H](C)[C@](O)(CCC3=CC(=O)OC3)[C@@]3([C@@H](O)CC[C@H](C)CCCc4ccccc4)[C@@H](O)CC[C@@](C)([C@H]4CC5(CCCC5)C[C@H]4NN1)[C@@H]32. The molecule has 6 aliphatic rings. The number of hydrogen-bond acceptors (Lipinski definition) is 9. The predicted octanol–water partition coefficient (Wildman–Crippen LogP) is 6.29. The van der Waals surface area contributed by atoms with E-state index in [1.165, 1.54) is 44.2 Å². The van der Waals surface area contributed by atoms with Crippen LogP contribution in [0.4, 0.5) is 0 Å². The number of nitrogens with one attached hydrogen (secondary N) is 2. The van der Waals surface area contributed by atoms with Crippen LogP contribution in [0.5, 0.6) is 0 Å². The van der Waals surface area contributed by atoms with Crippen LogP contribution < -0.4 is 10.9 Å². The van der Waals surface area contributed by atoms with Crippen molar-refractivity contribution in [2.24, 2.45) is 39.9 Å². The normalized spacial score (nSPS) is 40.3. The summed E-state index contributed by atoms with van der Waals surface area (Å²) in [5.74, 6) is -1.31. The molecule has 2 heterocycles. The van der Waals surface area contributed by atoms with Gasteiger partial charge in [-0.1, -0.05) is 70.4 Å². The molecule has 0 amide bonds. The Bertz CT molecular complexity index is 1500. The summed E-state index contributed by atoms with van der Waals surface area (Å²) in [5.41, 5.74) is 5.09. The number of hydrogen-bond donors (Lipinski definition) is 5. The summed E-state index contributed by atoms with van der Waals surface area (Å²) in [6.45, 7) is 8.17. The highest BCUT2D eigenvalue weighted by Gasteiger charge is 2.80. The van der Waals surface area contributed by atoms with Crippen LogP contribution in [0.1, 0.15) is 130 Å². The molecule has 9 heteroatoms. The average Bonchev–Trinajstić information content (AvgIpc) is 3.84. The number of aliphatic hydroxyl groups excluding tert-OH is 2. The molecule has 1 aromatic carbocycles. The Hall–Kier alpha value is -2.30. The molecule has 4 aliphatic carbocycles.